The van der Waals surface area contributed by atoms with E-state index >= 15 is 0 Å². The quantitative estimate of drug-likeness (QED) is 0.674. The molecule has 0 aliphatic rings. The first kappa shape index (κ1) is 13.3. The Kier molecular flexibility index (Phi) is 3.40. The van der Waals surface area contributed by atoms with Gasteiger partial charge in [-0.05, 0) is 6.07 Å². The second kappa shape index (κ2) is 4.85. The smallest absolute Gasteiger partial charge is 0.268 e. The Bertz CT molecular complexity index is 716. The summed E-state index contributed by atoms with van der Waals surface area (Å²) in [6.07, 6.45) is 1.18. The van der Waals surface area contributed by atoms with Gasteiger partial charge in [-0.3, -0.25) is 14.8 Å². The van der Waals surface area contributed by atoms with Crippen molar-refractivity contribution in [2.24, 2.45) is 0 Å². The number of nitro benzene ring substituents is 1. The minimum atomic E-state index is -4.03. The van der Waals surface area contributed by atoms with Crippen LogP contribution in [0, 0.1) is 15.9 Å². The second-order valence-corrected chi connectivity index (χ2v) is 5.73. The summed E-state index contributed by atoms with van der Waals surface area (Å²) in [5.74, 6) is -1.23. The Morgan fingerprint density at radius 3 is 2.68 bits per heavy atom. The summed E-state index contributed by atoms with van der Waals surface area (Å²) in [6.45, 7) is 0. The van der Waals surface area contributed by atoms with Crippen LogP contribution in [0.5, 0.6) is 0 Å². The molecule has 0 fully saturated rings. The summed E-state index contributed by atoms with van der Waals surface area (Å²) >= 11 is 0.803. The number of rotatable bonds is 4. The standard InChI is InChI=1S/C8H5FN4O4S2/c9-6-3-5(1-2-7(6)13(14)15)19(16,17)11-8-4-10-12-18-8/h1-4,11H. The molecule has 0 atom stereocenters. The highest BCUT2D eigenvalue weighted by Gasteiger charge is 2.21. The zero-order chi connectivity index (χ0) is 14.0. The molecule has 1 N–H and O–H groups in total. The van der Waals surface area contributed by atoms with E-state index in [2.05, 4.69) is 14.3 Å². The Balaban J connectivity index is 2.36. The number of nitrogens with one attached hydrogen (secondary N) is 1. The van der Waals surface area contributed by atoms with Gasteiger partial charge in [0.25, 0.3) is 10.0 Å². The molecule has 19 heavy (non-hydrogen) atoms. The highest BCUT2D eigenvalue weighted by atomic mass is 32.2. The summed E-state index contributed by atoms with van der Waals surface area (Å²) < 4.78 is 42.6. The van der Waals surface area contributed by atoms with Crippen LogP contribution in [-0.4, -0.2) is 22.9 Å². The number of sulfonamides is 1. The number of halogens is 1. The summed E-state index contributed by atoms with van der Waals surface area (Å²) in [7, 11) is -4.03. The molecule has 0 spiro atoms. The van der Waals surface area contributed by atoms with Crippen LogP contribution in [0.1, 0.15) is 0 Å². The van der Waals surface area contributed by atoms with Gasteiger partial charge in [0.15, 0.2) is 0 Å². The van der Waals surface area contributed by atoms with Crippen molar-refractivity contribution in [2.45, 2.75) is 4.90 Å². The summed E-state index contributed by atoms with van der Waals surface area (Å²) in [6, 6.07) is 2.31. The van der Waals surface area contributed by atoms with Crippen molar-refractivity contribution in [3.05, 3.63) is 40.3 Å². The molecular weight excluding hydrogens is 299 g/mol. The average Bonchev–Trinajstić information content (AvgIpc) is 2.80. The average molecular weight is 304 g/mol. The van der Waals surface area contributed by atoms with E-state index in [0.29, 0.717) is 6.07 Å². The molecular formula is C8H5FN4O4S2. The minimum absolute atomic E-state index is 0.152. The van der Waals surface area contributed by atoms with E-state index in [4.69, 9.17) is 0 Å². The number of hydrogen-bond acceptors (Lipinski definition) is 7. The van der Waals surface area contributed by atoms with Crippen molar-refractivity contribution in [1.29, 1.82) is 0 Å². The molecule has 0 amide bonds. The van der Waals surface area contributed by atoms with Gasteiger partial charge in [0.1, 0.15) is 5.00 Å². The number of aromatic nitrogens is 2. The monoisotopic (exact) mass is 304 g/mol. The summed E-state index contributed by atoms with van der Waals surface area (Å²) in [5.41, 5.74) is -0.793. The maximum Gasteiger partial charge on any atom is 0.304 e. The lowest BCUT2D eigenvalue weighted by atomic mass is 10.3. The highest BCUT2D eigenvalue weighted by Crippen LogP contribution is 2.23. The normalized spacial score (nSPS) is 11.2. The largest absolute Gasteiger partial charge is 0.304 e. The predicted molar refractivity (Wildman–Crippen MR) is 63.8 cm³/mol. The zero-order valence-corrected chi connectivity index (χ0v) is 10.6. The van der Waals surface area contributed by atoms with Crippen molar-refractivity contribution in [3.8, 4) is 0 Å². The molecule has 11 heteroatoms. The van der Waals surface area contributed by atoms with Gasteiger partial charge in [-0.1, -0.05) is 4.49 Å². The molecule has 8 nitrogen and oxygen atoms in total. The Labute approximate surface area is 110 Å². The van der Waals surface area contributed by atoms with Crippen LogP contribution in [0.15, 0.2) is 29.3 Å². The molecule has 0 radical (unpaired) electrons. The van der Waals surface area contributed by atoms with Gasteiger partial charge in [0, 0.05) is 23.7 Å². The number of hydrogen-bond donors (Lipinski definition) is 1. The summed E-state index contributed by atoms with van der Waals surface area (Å²) in [4.78, 5) is 9.06. The molecule has 0 unspecified atom stereocenters. The maximum absolute atomic E-state index is 13.4. The van der Waals surface area contributed by atoms with Crippen LogP contribution >= 0.6 is 11.5 Å². The van der Waals surface area contributed by atoms with Crippen LogP contribution < -0.4 is 4.72 Å². The van der Waals surface area contributed by atoms with E-state index < -0.39 is 31.3 Å². The lowest BCUT2D eigenvalue weighted by Crippen LogP contribution is -2.12. The topological polar surface area (TPSA) is 115 Å². The van der Waals surface area contributed by atoms with Gasteiger partial charge in [-0.2, -0.15) is 4.39 Å². The molecule has 2 aromatic rings. The number of benzene rings is 1. The van der Waals surface area contributed by atoms with Crippen LogP contribution in [-0.2, 0) is 10.0 Å². The van der Waals surface area contributed by atoms with Crippen molar-refractivity contribution in [2.75, 3.05) is 4.72 Å². The van der Waals surface area contributed by atoms with Crippen LogP contribution in [0.25, 0.3) is 0 Å². The molecule has 0 aliphatic carbocycles. The van der Waals surface area contributed by atoms with E-state index in [-0.39, 0.29) is 5.00 Å². The number of anilines is 1. The third-order valence-electron chi connectivity index (χ3n) is 2.02. The Hall–Kier alpha value is -2.14. The van der Waals surface area contributed by atoms with Crippen molar-refractivity contribution in [1.82, 2.24) is 9.59 Å². The third kappa shape index (κ3) is 2.82. The van der Waals surface area contributed by atoms with Crippen LogP contribution in [0.3, 0.4) is 0 Å². The molecule has 1 heterocycles. The number of nitrogens with zero attached hydrogens (tertiary/aromatic N) is 3. The van der Waals surface area contributed by atoms with Crippen molar-refractivity contribution < 1.29 is 17.7 Å². The molecule has 1 aromatic carbocycles. The minimum Gasteiger partial charge on any atom is -0.268 e. The van der Waals surface area contributed by atoms with Gasteiger partial charge in [-0.25, -0.2) is 8.42 Å². The SMILES string of the molecule is O=[N+]([O-])c1ccc(S(=O)(=O)Nc2cnns2)cc1F. The van der Waals surface area contributed by atoms with E-state index in [1.165, 1.54) is 6.20 Å². The van der Waals surface area contributed by atoms with Crippen molar-refractivity contribution >= 4 is 32.2 Å². The van der Waals surface area contributed by atoms with E-state index in [0.717, 1.165) is 23.7 Å². The third-order valence-corrected chi connectivity index (χ3v) is 4.09. The molecule has 0 bridgehead atoms. The second-order valence-electron chi connectivity index (χ2n) is 3.26. The predicted octanol–water partition coefficient (Wildman–Crippen LogP) is 1.39. The molecule has 2 rings (SSSR count). The highest BCUT2D eigenvalue weighted by molar-refractivity contribution is 7.93. The number of nitro groups is 1. The summed E-state index contributed by atoms with van der Waals surface area (Å²) in [5, 5.41) is 14.0. The van der Waals surface area contributed by atoms with Crippen molar-refractivity contribution in [3.63, 3.8) is 0 Å². The maximum atomic E-state index is 13.4. The fraction of sp³-hybridized carbons (Fsp3) is 0. The fourth-order valence-electron chi connectivity index (χ4n) is 1.21. The fourth-order valence-corrected chi connectivity index (χ4v) is 2.90. The van der Waals surface area contributed by atoms with Crippen LogP contribution in [0.2, 0.25) is 0 Å². The first-order valence-corrected chi connectivity index (χ1v) is 6.90. The molecule has 1 aromatic heterocycles. The van der Waals surface area contributed by atoms with Gasteiger partial charge < -0.3 is 0 Å². The molecule has 100 valence electrons. The van der Waals surface area contributed by atoms with E-state index in [1.807, 2.05) is 0 Å². The molecule has 0 saturated heterocycles. The first-order valence-electron chi connectivity index (χ1n) is 4.64. The Morgan fingerprint density at radius 2 is 2.16 bits per heavy atom. The van der Waals surface area contributed by atoms with Gasteiger partial charge in [0.05, 0.1) is 16.0 Å². The van der Waals surface area contributed by atoms with Gasteiger partial charge >= 0.3 is 5.69 Å². The van der Waals surface area contributed by atoms with E-state index in [9.17, 15) is 22.9 Å². The first-order chi connectivity index (χ1) is 8.90. The Morgan fingerprint density at radius 1 is 1.42 bits per heavy atom. The molecule has 0 aliphatic heterocycles. The lowest BCUT2D eigenvalue weighted by Gasteiger charge is -2.05. The van der Waals surface area contributed by atoms with Crippen LogP contribution in [0.4, 0.5) is 15.1 Å². The van der Waals surface area contributed by atoms with Gasteiger partial charge in [-0.15, -0.1) is 5.10 Å². The zero-order valence-electron chi connectivity index (χ0n) is 8.98. The van der Waals surface area contributed by atoms with E-state index in [1.54, 1.807) is 0 Å². The van der Waals surface area contributed by atoms with Gasteiger partial charge in [0.2, 0.25) is 5.82 Å². The molecule has 0 saturated carbocycles. The lowest BCUT2D eigenvalue weighted by molar-refractivity contribution is -0.387.